The standard InChI is InChI=1S/C10H15BrN4O2/c1-6(2)9-14-7(11)5-8(15-9)13-3-4-17-10(12)16/h5-6H,3-4H2,1-2H3,(H2,12,16)(H,13,14,15). The number of hydrogen-bond acceptors (Lipinski definition) is 5. The van der Waals surface area contributed by atoms with E-state index in [4.69, 9.17) is 5.73 Å². The van der Waals surface area contributed by atoms with E-state index in [1.165, 1.54) is 0 Å². The van der Waals surface area contributed by atoms with Crippen LogP contribution in [0.15, 0.2) is 10.7 Å². The van der Waals surface area contributed by atoms with Crippen LogP contribution in [0.25, 0.3) is 0 Å². The third kappa shape index (κ3) is 4.99. The van der Waals surface area contributed by atoms with Gasteiger partial charge in [-0.1, -0.05) is 13.8 Å². The van der Waals surface area contributed by atoms with Gasteiger partial charge in [-0.15, -0.1) is 0 Å². The van der Waals surface area contributed by atoms with Gasteiger partial charge in [0.2, 0.25) is 0 Å². The van der Waals surface area contributed by atoms with E-state index in [1.807, 2.05) is 13.8 Å². The zero-order valence-corrected chi connectivity index (χ0v) is 11.3. The molecule has 0 fully saturated rings. The molecule has 1 rings (SSSR count). The Morgan fingerprint density at radius 2 is 2.29 bits per heavy atom. The van der Waals surface area contributed by atoms with Crippen LogP contribution in [0, 0.1) is 0 Å². The molecular weight excluding hydrogens is 288 g/mol. The van der Waals surface area contributed by atoms with Crippen LogP contribution < -0.4 is 11.1 Å². The molecule has 3 N–H and O–H groups in total. The topological polar surface area (TPSA) is 90.1 Å². The Labute approximate surface area is 108 Å². The summed E-state index contributed by atoms with van der Waals surface area (Å²) in [6.07, 6.45) is -0.779. The lowest BCUT2D eigenvalue weighted by molar-refractivity contribution is 0.161. The van der Waals surface area contributed by atoms with Crippen molar-refractivity contribution >= 4 is 27.8 Å². The number of halogens is 1. The Hall–Kier alpha value is -1.37. The summed E-state index contributed by atoms with van der Waals surface area (Å²) in [5, 5.41) is 3.02. The Morgan fingerprint density at radius 1 is 1.59 bits per heavy atom. The first-order valence-electron chi connectivity index (χ1n) is 5.19. The largest absolute Gasteiger partial charge is 0.448 e. The number of nitrogens with two attached hydrogens (primary N) is 1. The van der Waals surface area contributed by atoms with Crippen molar-refractivity contribution < 1.29 is 9.53 Å². The second-order valence-electron chi connectivity index (χ2n) is 3.68. The van der Waals surface area contributed by atoms with E-state index >= 15 is 0 Å². The van der Waals surface area contributed by atoms with Gasteiger partial charge in [-0.3, -0.25) is 0 Å². The number of rotatable bonds is 5. The van der Waals surface area contributed by atoms with E-state index in [2.05, 4.69) is 36.0 Å². The average molecular weight is 303 g/mol. The molecule has 7 heteroatoms. The monoisotopic (exact) mass is 302 g/mol. The van der Waals surface area contributed by atoms with Crippen molar-refractivity contribution in [3.63, 3.8) is 0 Å². The highest BCUT2D eigenvalue weighted by Crippen LogP contribution is 2.17. The van der Waals surface area contributed by atoms with E-state index < -0.39 is 6.09 Å². The maximum atomic E-state index is 10.3. The number of primary amides is 1. The van der Waals surface area contributed by atoms with Gasteiger partial charge in [0.1, 0.15) is 22.9 Å². The molecule has 1 heterocycles. The molecule has 6 nitrogen and oxygen atoms in total. The molecular formula is C10H15BrN4O2. The Bertz CT molecular complexity index is 398. The number of carbonyl (C=O) groups excluding carboxylic acids is 1. The normalized spacial score (nSPS) is 10.4. The van der Waals surface area contributed by atoms with Gasteiger partial charge >= 0.3 is 6.09 Å². The summed E-state index contributed by atoms with van der Waals surface area (Å²) < 4.78 is 5.31. The van der Waals surface area contributed by atoms with E-state index in [9.17, 15) is 4.79 Å². The summed E-state index contributed by atoms with van der Waals surface area (Å²) in [6, 6.07) is 1.76. The minimum atomic E-state index is -0.779. The van der Waals surface area contributed by atoms with Crippen molar-refractivity contribution in [2.75, 3.05) is 18.5 Å². The fourth-order valence-corrected chi connectivity index (χ4v) is 1.51. The third-order valence-electron chi connectivity index (χ3n) is 1.88. The average Bonchev–Trinajstić information content (AvgIpc) is 2.23. The van der Waals surface area contributed by atoms with E-state index in [1.54, 1.807) is 6.07 Å². The predicted octanol–water partition coefficient (Wildman–Crippen LogP) is 1.87. The SMILES string of the molecule is CC(C)c1nc(Br)cc(NCCOC(N)=O)n1. The molecule has 1 aromatic rings. The molecule has 1 aromatic heterocycles. The van der Waals surface area contributed by atoms with Crippen molar-refractivity contribution in [2.24, 2.45) is 5.73 Å². The highest BCUT2D eigenvalue weighted by molar-refractivity contribution is 9.10. The Kier molecular flexibility index (Phi) is 5.14. The zero-order valence-electron chi connectivity index (χ0n) is 9.74. The lowest BCUT2D eigenvalue weighted by atomic mass is 10.2. The minimum Gasteiger partial charge on any atom is -0.448 e. The molecule has 0 saturated heterocycles. The highest BCUT2D eigenvalue weighted by Gasteiger charge is 2.06. The van der Waals surface area contributed by atoms with Crippen LogP contribution in [-0.2, 0) is 4.74 Å². The van der Waals surface area contributed by atoms with Crippen molar-refractivity contribution in [3.8, 4) is 0 Å². The molecule has 0 aliphatic rings. The molecule has 1 amide bonds. The van der Waals surface area contributed by atoms with Crippen LogP contribution in [0.2, 0.25) is 0 Å². The zero-order chi connectivity index (χ0) is 12.8. The van der Waals surface area contributed by atoms with Crippen LogP contribution in [0.1, 0.15) is 25.6 Å². The summed E-state index contributed by atoms with van der Waals surface area (Å²) in [6.45, 7) is 4.68. The fraction of sp³-hybridized carbons (Fsp3) is 0.500. The van der Waals surface area contributed by atoms with Gasteiger partial charge < -0.3 is 15.8 Å². The van der Waals surface area contributed by atoms with Gasteiger partial charge in [-0.2, -0.15) is 0 Å². The lowest BCUT2D eigenvalue weighted by Gasteiger charge is -2.09. The molecule has 0 unspecified atom stereocenters. The van der Waals surface area contributed by atoms with E-state index in [-0.39, 0.29) is 12.5 Å². The third-order valence-corrected chi connectivity index (χ3v) is 2.29. The minimum absolute atomic E-state index is 0.202. The molecule has 0 bridgehead atoms. The lowest BCUT2D eigenvalue weighted by Crippen LogP contribution is -2.19. The van der Waals surface area contributed by atoms with Gasteiger partial charge in [0, 0.05) is 12.0 Å². The summed E-state index contributed by atoms with van der Waals surface area (Å²) in [5.41, 5.74) is 4.84. The summed E-state index contributed by atoms with van der Waals surface area (Å²) in [7, 11) is 0. The van der Waals surface area contributed by atoms with Gasteiger partial charge in [0.15, 0.2) is 0 Å². The van der Waals surface area contributed by atoms with E-state index in [0.717, 1.165) is 10.4 Å². The van der Waals surface area contributed by atoms with Crippen molar-refractivity contribution in [1.29, 1.82) is 0 Å². The van der Waals surface area contributed by atoms with Gasteiger partial charge in [0.05, 0.1) is 6.54 Å². The second kappa shape index (κ2) is 6.39. The van der Waals surface area contributed by atoms with Gasteiger partial charge in [0.25, 0.3) is 0 Å². The van der Waals surface area contributed by atoms with Crippen molar-refractivity contribution in [1.82, 2.24) is 9.97 Å². The van der Waals surface area contributed by atoms with E-state index in [0.29, 0.717) is 12.4 Å². The first-order chi connectivity index (χ1) is 7.99. The molecule has 0 aromatic carbocycles. The first-order valence-corrected chi connectivity index (χ1v) is 5.99. The maximum absolute atomic E-state index is 10.3. The van der Waals surface area contributed by atoms with Crippen LogP contribution in [0.5, 0.6) is 0 Å². The molecule has 0 radical (unpaired) electrons. The van der Waals surface area contributed by atoms with Crippen LogP contribution in [0.4, 0.5) is 10.6 Å². The summed E-state index contributed by atoms with van der Waals surface area (Å²) in [5.74, 6) is 1.68. The van der Waals surface area contributed by atoms with Crippen LogP contribution in [-0.4, -0.2) is 29.2 Å². The number of carbonyl (C=O) groups is 1. The van der Waals surface area contributed by atoms with Gasteiger partial charge in [-0.25, -0.2) is 14.8 Å². The first kappa shape index (κ1) is 13.7. The number of amides is 1. The molecule has 0 saturated carbocycles. The number of aromatic nitrogens is 2. The molecule has 17 heavy (non-hydrogen) atoms. The predicted molar refractivity (Wildman–Crippen MR) is 67.8 cm³/mol. The molecule has 94 valence electrons. The number of anilines is 1. The fourth-order valence-electron chi connectivity index (χ4n) is 1.11. The van der Waals surface area contributed by atoms with Crippen molar-refractivity contribution in [2.45, 2.75) is 19.8 Å². The second-order valence-corrected chi connectivity index (χ2v) is 4.50. The number of nitrogens with one attached hydrogen (secondary N) is 1. The smallest absolute Gasteiger partial charge is 0.404 e. The number of hydrogen-bond donors (Lipinski definition) is 2. The maximum Gasteiger partial charge on any atom is 0.404 e. The Balaban J connectivity index is 2.55. The summed E-state index contributed by atoms with van der Waals surface area (Å²) in [4.78, 5) is 18.9. The van der Waals surface area contributed by atoms with Crippen molar-refractivity contribution in [3.05, 3.63) is 16.5 Å². The Morgan fingerprint density at radius 3 is 2.88 bits per heavy atom. The summed E-state index contributed by atoms with van der Waals surface area (Å²) >= 11 is 3.32. The van der Waals surface area contributed by atoms with Gasteiger partial charge in [-0.05, 0) is 15.9 Å². The molecule has 0 aliphatic heterocycles. The molecule has 0 spiro atoms. The van der Waals surface area contributed by atoms with Crippen LogP contribution >= 0.6 is 15.9 Å². The quantitative estimate of drug-likeness (QED) is 0.640. The molecule has 0 atom stereocenters. The number of nitrogens with zero attached hydrogens (tertiary/aromatic N) is 2. The highest BCUT2D eigenvalue weighted by atomic mass is 79.9. The molecule has 0 aliphatic carbocycles. The number of ether oxygens (including phenoxy) is 1. The van der Waals surface area contributed by atoms with Crippen LogP contribution in [0.3, 0.4) is 0 Å².